The van der Waals surface area contributed by atoms with Gasteiger partial charge in [-0.05, 0) is 64.3 Å². The molecule has 48 heavy (non-hydrogen) atoms. The zero-order valence-corrected chi connectivity index (χ0v) is 33.6. The first-order chi connectivity index (χ1) is 22.2. The first-order valence-electron chi connectivity index (χ1n) is 18.6. The molecule has 9 nitrogen and oxygen atoms in total. The Morgan fingerprint density at radius 2 is 1.40 bits per heavy atom. The Morgan fingerprint density at radius 3 is 1.85 bits per heavy atom. The van der Waals surface area contributed by atoms with E-state index in [1.165, 1.54) is 0 Å². The number of ether oxygens (including phenoxy) is 2. The molecular formula is C39H73N3O6. The number of nitrogens with zero attached hydrogens (tertiary/aromatic N) is 3. The van der Waals surface area contributed by atoms with Crippen LogP contribution in [0.25, 0.3) is 0 Å². The smallest absolute Gasteiger partial charge is 0.225 e. The van der Waals surface area contributed by atoms with Crippen LogP contribution in [-0.2, 0) is 28.7 Å². The van der Waals surface area contributed by atoms with Gasteiger partial charge in [-0.3, -0.25) is 24.1 Å². The first kappa shape index (κ1) is 44.2. The van der Waals surface area contributed by atoms with Crippen LogP contribution in [0, 0.1) is 35.5 Å². The maximum atomic E-state index is 14.0. The Bertz CT molecular complexity index is 1040. The average molecular weight is 680 g/mol. The van der Waals surface area contributed by atoms with Crippen molar-refractivity contribution in [3.63, 3.8) is 0 Å². The van der Waals surface area contributed by atoms with Crippen molar-refractivity contribution >= 4 is 23.4 Å². The van der Waals surface area contributed by atoms with Gasteiger partial charge in [0.2, 0.25) is 11.8 Å². The molecule has 0 spiro atoms. The number of ketones is 2. The monoisotopic (exact) mass is 680 g/mol. The molecule has 0 aromatic rings. The average Bonchev–Trinajstić information content (AvgIpc) is 3.49. The number of carbonyl (C=O) groups excluding carboxylic acids is 4. The Labute approximate surface area is 294 Å². The minimum atomic E-state index is -0.534. The lowest BCUT2D eigenvalue weighted by atomic mass is 9.85. The van der Waals surface area contributed by atoms with Gasteiger partial charge < -0.3 is 19.3 Å². The van der Waals surface area contributed by atoms with Crippen molar-refractivity contribution in [2.24, 2.45) is 35.5 Å². The second-order valence-corrected chi connectivity index (χ2v) is 16.5. The highest BCUT2D eigenvalue weighted by atomic mass is 16.5. The van der Waals surface area contributed by atoms with E-state index in [1.54, 1.807) is 26.2 Å². The number of amides is 2. The van der Waals surface area contributed by atoms with Gasteiger partial charge >= 0.3 is 0 Å². The van der Waals surface area contributed by atoms with Crippen LogP contribution in [0.15, 0.2) is 0 Å². The van der Waals surface area contributed by atoms with Gasteiger partial charge in [-0.25, -0.2) is 0 Å². The molecule has 1 fully saturated rings. The minimum Gasteiger partial charge on any atom is -0.379 e. The number of hydrogen-bond donors (Lipinski definition) is 0. The quantitative estimate of drug-likeness (QED) is 0.145. The maximum Gasteiger partial charge on any atom is 0.225 e. The molecule has 0 aromatic heterocycles. The Balaban J connectivity index is 3.19. The second kappa shape index (κ2) is 19.5. The normalized spacial score (nSPS) is 20.7. The van der Waals surface area contributed by atoms with E-state index in [0.29, 0.717) is 18.9 Å². The van der Waals surface area contributed by atoms with E-state index < -0.39 is 12.0 Å². The largest absolute Gasteiger partial charge is 0.379 e. The number of Topliss-reactive ketones (excluding diaryl/α,β-unsaturated/α-hetero) is 2. The topological polar surface area (TPSA) is 96.5 Å². The van der Waals surface area contributed by atoms with Crippen molar-refractivity contribution in [1.29, 1.82) is 0 Å². The van der Waals surface area contributed by atoms with Gasteiger partial charge in [0.15, 0.2) is 5.78 Å². The molecule has 0 unspecified atom stereocenters. The van der Waals surface area contributed by atoms with Crippen LogP contribution < -0.4 is 0 Å². The molecule has 0 radical (unpaired) electrons. The molecule has 1 rings (SSSR count). The summed E-state index contributed by atoms with van der Waals surface area (Å²) in [5.74, 6) is 0.0757. The molecular weight excluding hydrogens is 606 g/mol. The van der Waals surface area contributed by atoms with E-state index in [1.807, 2.05) is 39.6 Å². The van der Waals surface area contributed by atoms with E-state index in [4.69, 9.17) is 9.47 Å². The third-order valence-electron chi connectivity index (χ3n) is 11.4. The first-order valence-corrected chi connectivity index (χ1v) is 18.6. The summed E-state index contributed by atoms with van der Waals surface area (Å²) in [5, 5.41) is 0. The summed E-state index contributed by atoms with van der Waals surface area (Å²) in [4.78, 5) is 60.6. The van der Waals surface area contributed by atoms with E-state index in [2.05, 4.69) is 60.3 Å². The van der Waals surface area contributed by atoms with Gasteiger partial charge in [-0.2, -0.15) is 0 Å². The molecule has 1 aliphatic heterocycles. The van der Waals surface area contributed by atoms with Crippen LogP contribution in [0.5, 0.6) is 0 Å². The van der Waals surface area contributed by atoms with Crippen LogP contribution in [0.2, 0.25) is 0 Å². The summed E-state index contributed by atoms with van der Waals surface area (Å²) in [6.45, 7) is 25.3. The third-order valence-corrected chi connectivity index (χ3v) is 11.4. The van der Waals surface area contributed by atoms with E-state index in [0.717, 1.165) is 19.3 Å². The van der Waals surface area contributed by atoms with Crippen molar-refractivity contribution in [1.82, 2.24) is 14.7 Å². The molecule has 0 bridgehead atoms. The van der Waals surface area contributed by atoms with Gasteiger partial charge in [-0.1, -0.05) is 68.7 Å². The standard InChI is InChI=1S/C39H73N3O6/c1-17-26(6)36(40(13)38(46)28(8)22-32(44)35(25(4)5)41(14)39(10,11)12)33(47-15)23-34(45)42-20-18-19-30(42)37(48-16)29(9)31(43)21-27(7)24(2)3/h24-30,33,35-37H,17-23H2,1-16H3/t26-,27-,28+,29-,30-,33+,35-,36-,37+/m0/s1. The molecule has 9 atom stereocenters. The third kappa shape index (κ3) is 11.6. The van der Waals surface area contributed by atoms with Gasteiger partial charge in [-0.15, -0.1) is 0 Å². The van der Waals surface area contributed by atoms with Crippen molar-refractivity contribution in [3.05, 3.63) is 0 Å². The van der Waals surface area contributed by atoms with Crippen molar-refractivity contribution in [2.45, 2.75) is 157 Å². The van der Waals surface area contributed by atoms with Crippen molar-refractivity contribution in [2.75, 3.05) is 34.9 Å². The maximum absolute atomic E-state index is 14.0. The fourth-order valence-corrected chi connectivity index (χ4v) is 7.39. The molecule has 2 amide bonds. The van der Waals surface area contributed by atoms with E-state index in [-0.39, 0.29) is 89.7 Å². The highest BCUT2D eigenvalue weighted by Crippen LogP contribution is 2.31. The zero-order valence-electron chi connectivity index (χ0n) is 33.6. The lowest BCUT2D eigenvalue weighted by molar-refractivity contribution is -0.148. The predicted molar refractivity (Wildman–Crippen MR) is 195 cm³/mol. The molecule has 1 heterocycles. The fourth-order valence-electron chi connectivity index (χ4n) is 7.39. The SMILES string of the molecule is CC[C@H](C)[C@@H]([C@@H](CC(=O)N1CCC[C@H]1[C@H](OC)[C@@H](C)C(=O)C[C@H](C)C(C)C)OC)N(C)C(=O)[C@H](C)CC(=O)[C@H](C(C)C)N(C)C(C)(C)C. The lowest BCUT2D eigenvalue weighted by Crippen LogP contribution is -2.54. The molecule has 9 heteroatoms. The number of carbonyl (C=O) groups is 4. The Morgan fingerprint density at radius 1 is 0.812 bits per heavy atom. The molecule has 0 saturated carbocycles. The molecule has 1 saturated heterocycles. The van der Waals surface area contributed by atoms with Gasteiger partial charge in [0.25, 0.3) is 0 Å². The van der Waals surface area contributed by atoms with Crippen LogP contribution in [0.1, 0.15) is 122 Å². The lowest BCUT2D eigenvalue weighted by Gasteiger charge is -2.41. The fraction of sp³-hybridized carbons (Fsp3) is 0.897. The van der Waals surface area contributed by atoms with Crippen molar-refractivity contribution < 1.29 is 28.7 Å². The van der Waals surface area contributed by atoms with Gasteiger partial charge in [0.1, 0.15) is 5.78 Å². The van der Waals surface area contributed by atoms with E-state index >= 15 is 0 Å². The number of likely N-dealkylation sites (tertiary alicyclic amines) is 1. The predicted octanol–water partition coefficient (Wildman–Crippen LogP) is 6.51. The van der Waals surface area contributed by atoms with Crippen molar-refractivity contribution in [3.8, 4) is 0 Å². The second-order valence-electron chi connectivity index (χ2n) is 16.5. The highest BCUT2D eigenvalue weighted by molar-refractivity contribution is 5.90. The zero-order chi connectivity index (χ0) is 37.3. The molecule has 1 aliphatic rings. The van der Waals surface area contributed by atoms with Crippen LogP contribution in [-0.4, -0.2) is 109 Å². The molecule has 0 N–H and O–H groups in total. The van der Waals surface area contributed by atoms with Crippen LogP contribution in [0.3, 0.4) is 0 Å². The summed E-state index contributed by atoms with van der Waals surface area (Å²) in [5.41, 5.74) is -0.188. The summed E-state index contributed by atoms with van der Waals surface area (Å²) in [6, 6.07) is -0.841. The Hall–Kier alpha value is -1.84. The molecule has 0 aromatic carbocycles. The molecule has 0 aliphatic carbocycles. The number of hydrogen-bond acceptors (Lipinski definition) is 7. The van der Waals surface area contributed by atoms with Gasteiger partial charge in [0, 0.05) is 58.0 Å². The number of likely N-dealkylation sites (N-methyl/N-ethyl adjacent to an activating group) is 2. The summed E-state index contributed by atoms with van der Waals surface area (Å²) >= 11 is 0. The number of methoxy groups -OCH3 is 2. The Kier molecular flexibility index (Phi) is 18.0. The summed E-state index contributed by atoms with van der Waals surface area (Å²) in [7, 11) is 6.99. The number of rotatable bonds is 20. The minimum absolute atomic E-state index is 0.0519. The summed E-state index contributed by atoms with van der Waals surface area (Å²) < 4.78 is 11.9. The van der Waals surface area contributed by atoms with Crippen LogP contribution in [0.4, 0.5) is 0 Å². The molecule has 280 valence electrons. The highest BCUT2D eigenvalue weighted by Gasteiger charge is 2.43. The van der Waals surface area contributed by atoms with Crippen LogP contribution >= 0.6 is 0 Å². The van der Waals surface area contributed by atoms with Gasteiger partial charge in [0.05, 0.1) is 36.8 Å². The summed E-state index contributed by atoms with van der Waals surface area (Å²) in [6.07, 6.45) is 2.26. The van der Waals surface area contributed by atoms with E-state index in [9.17, 15) is 19.2 Å².